The number of nitrogens with zero attached hydrogens (tertiary/aromatic N) is 4. The van der Waals surface area contributed by atoms with Gasteiger partial charge in [0.05, 0.1) is 11.4 Å². The lowest BCUT2D eigenvalue weighted by atomic mass is 10.1. The second-order valence-electron chi connectivity index (χ2n) is 6.34. The van der Waals surface area contributed by atoms with E-state index in [1.165, 1.54) is 12.1 Å². The topological polar surface area (TPSA) is 33.4 Å². The summed E-state index contributed by atoms with van der Waals surface area (Å²) in [7, 11) is 0. The van der Waals surface area contributed by atoms with E-state index in [-0.39, 0.29) is 5.82 Å². The Labute approximate surface area is 157 Å². The zero-order chi connectivity index (χ0) is 18.8. The molecule has 2 aromatic heterocycles. The SMILES string of the molecule is CCN(CC)c1cc(-c2ccccc2)nc2cc(-c3ccc(F)cc3)nn12. The van der Waals surface area contributed by atoms with Gasteiger partial charge in [0, 0.05) is 36.3 Å². The van der Waals surface area contributed by atoms with Gasteiger partial charge in [0.2, 0.25) is 0 Å². The van der Waals surface area contributed by atoms with Crippen LogP contribution in [0, 0.1) is 5.82 Å². The minimum Gasteiger partial charge on any atom is -0.357 e. The Kier molecular flexibility index (Phi) is 4.59. The van der Waals surface area contributed by atoms with Crippen molar-refractivity contribution in [3.63, 3.8) is 0 Å². The fourth-order valence-electron chi connectivity index (χ4n) is 3.25. The van der Waals surface area contributed by atoms with Gasteiger partial charge < -0.3 is 4.90 Å². The number of hydrogen-bond acceptors (Lipinski definition) is 3. The molecule has 0 amide bonds. The number of aromatic nitrogens is 3. The summed E-state index contributed by atoms with van der Waals surface area (Å²) in [6.45, 7) is 6.00. The van der Waals surface area contributed by atoms with Crippen molar-refractivity contribution in [1.82, 2.24) is 14.6 Å². The largest absolute Gasteiger partial charge is 0.357 e. The lowest BCUT2D eigenvalue weighted by Gasteiger charge is -2.22. The molecule has 2 aromatic carbocycles. The molecule has 0 saturated heterocycles. The highest BCUT2D eigenvalue weighted by Gasteiger charge is 2.15. The van der Waals surface area contributed by atoms with Crippen molar-refractivity contribution in [2.45, 2.75) is 13.8 Å². The molecule has 0 aliphatic heterocycles. The van der Waals surface area contributed by atoms with Gasteiger partial charge in [0.25, 0.3) is 0 Å². The van der Waals surface area contributed by atoms with Crippen LogP contribution in [0.1, 0.15) is 13.8 Å². The average Bonchev–Trinajstić information content (AvgIpc) is 3.14. The number of rotatable bonds is 5. The number of benzene rings is 2. The molecule has 4 rings (SSSR count). The van der Waals surface area contributed by atoms with Gasteiger partial charge in [-0.1, -0.05) is 30.3 Å². The molecular weight excluding hydrogens is 339 g/mol. The maximum absolute atomic E-state index is 13.3. The molecule has 0 bridgehead atoms. The molecule has 27 heavy (non-hydrogen) atoms. The molecule has 0 aliphatic carbocycles. The van der Waals surface area contributed by atoms with Gasteiger partial charge in [-0.2, -0.15) is 9.61 Å². The molecule has 4 aromatic rings. The fourth-order valence-corrected chi connectivity index (χ4v) is 3.25. The lowest BCUT2D eigenvalue weighted by molar-refractivity contribution is 0.628. The van der Waals surface area contributed by atoms with Crippen LogP contribution in [0.5, 0.6) is 0 Å². The van der Waals surface area contributed by atoms with Gasteiger partial charge in [-0.3, -0.25) is 0 Å². The molecule has 0 fully saturated rings. The van der Waals surface area contributed by atoms with Gasteiger partial charge in [0.15, 0.2) is 5.65 Å². The van der Waals surface area contributed by atoms with E-state index in [4.69, 9.17) is 10.1 Å². The van der Waals surface area contributed by atoms with E-state index in [1.807, 2.05) is 28.8 Å². The zero-order valence-electron chi connectivity index (χ0n) is 15.4. The quantitative estimate of drug-likeness (QED) is 0.499. The van der Waals surface area contributed by atoms with E-state index in [0.717, 1.165) is 47.1 Å². The minimum absolute atomic E-state index is 0.254. The van der Waals surface area contributed by atoms with Gasteiger partial charge >= 0.3 is 0 Å². The summed E-state index contributed by atoms with van der Waals surface area (Å²) in [5.74, 6) is 0.744. The Morgan fingerprint density at radius 3 is 2.19 bits per heavy atom. The summed E-state index contributed by atoms with van der Waals surface area (Å²) >= 11 is 0. The van der Waals surface area contributed by atoms with E-state index >= 15 is 0 Å². The molecule has 4 nitrogen and oxygen atoms in total. The van der Waals surface area contributed by atoms with Crippen molar-refractivity contribution >= 4 is 11.5 Å². The average molecular weight is 360 g/mol. The molecular formula is C22H21FN4. The molecule has 0 atom stereocenters. The van der Waals surface area contributed by atoms with E-state index in [2.05, 4.69) is 36.9 Å². The predicted octanol–water partition coefficient (Wildman–Crippen LogP) is 5.05. The molecule has 5 heteroatoms. The van der Waals surface area contributed by atoms with Crippen molar-refractivity contribution in [2.24, 2.45) is 0 Å². The summed E-state index contributed by atoms with van der Waals surface area (Å²) in [5.41, 5.74) is 4.40. The van der Waals surface area contributed by atoms with Crippen LogP contribution >= 0.6 is 0 Å². The summed E-state index contributed by atoms with van der Waals surface area (Å²) in [4.78, 5) is 7.07. The summed E-state index contributed by atoms with van der Waals surface area (Å²) in [6, 6.07) is 20.6. The molecule has 0 aliphatic rings. The second kappa shape index (κ2) is 7.19. The first kappa shape index (κ1) is 17.2. The third kappa shape index (κ3) is 3.28. The maximum atomic E-state index is 13.3. The van der Waals surface area contributed by atoms with Crippen LogP contribution in [0.15, 0.2) is 66.7 Å². The number of hydrogen-bond donors (Lipinski definition) is 0. The van der Waals surface area contributed by atoms with Crippen molar-refractivity contribution in [2.75, 3.05) is 18.0 Å². The standard InChI is InChI=1S/C22H21FN4/c1-3-26(4-2)22-15-19(16-8-6-5-7-9-16)24-21-14-20(25-27(21)22)17-10-12-18(23)13-11-17/h5-15H,3-4H2,1-2H3. The molecule has 136 valence electrons. The highest BCUT2D eigenvalue weighted by molar-refractivity contribution is 5.71. The summed E-state index contributed by atoms with van der Waals surface area (Å²) < 4.78 is 15.1. The molecule has 0 N–H and O–H groups in total. The number of fused-ring (bicyclic) bond motifs is 1. The molecule has 0 radical (unpaired) electrons. The zero-order valence-corrected chi connectivity index (χ0v) is 15.4. The Balaban J connectivity index is 1.92. The Morgan fingerprint density at radius 1 is 0.852 bits per heavy atom. The molecule has 0 unspecified atom stereocenters. The van der Waals surface area contributed by atoms with Gasteiger partial charge in [-0.25, -0.2) is 9.37 Å². The van der Waals surface area contributed by atoms with Crippen LogP contribution in [-0.4, -0.2) is 27.7 Å². The van der Waals surface area contributed by atoms with Crippen LogP contribution in [0.2, 0.25) is 0 Å². The summed E-state index contributed by atoms with van der Waals surface area (Å²) in [5, 5.41) is 4.75. The molecule has 2 heterocycles. The predicted molar refractivity (Wildman–Crippen MR) is 107 cm³/mol. The third-order valence-corrected chi connectivity index (χ3v) is 4.71. The first-order chi connectivity index (χ1) is 13.2. The molecule has 0 saturated carbocycles. The Bertz CT molecular complexity index is 1050. The Morgan fingerprint density at radius 2 is 1.52 bits per heavy atom. The number of halogens is 1. The molecule has 0 spiro atoms. The smallest absolute Gasteiger partial charge is 0.158 e. The third-order valence-electron chi connectivity index (χ3n) is 4.71. The Hall–Kier alpha value is -3.21. The van der Waals surface area contributed by atoms with Gasteiger partial charge in [0.1, 0.15) is 11.6 Å². The highest BCUT2D eigenvalue weighted by atomic mass is 19.1. The summed E-state index contributed by atoms with van der Waals surface area (Å²) in [6.07, 6.45) is 0. The van der Waals surface area contributed by atoms with E-state index in [9.17, 15) is 4.39 Å². The lowest BCUT2D eigenvalue weighted by Crippen LogP contribution is -2.24. The first-order valence-corrected chi connectivity index (χ1v) is 9.16. The maximum Gasteiger partial charge on any atom is 0.158 e. The van der Waals surface area contributed by atoms with E-state index in [1.54, 1.807) is 12.1 Å². The minimum atomic E-state index is -0.254. The van der Waals surface area contributed by atoms with Crippen LogP contribution in [0.4, 0.5) is 10.2 Å². The first-order valence-electron chi connectivity index (χ1n) is 9.16. The highest BCUT2D eigenvalue weighted by Crippen LogP contribution is 2.27. The number of anilines is 1. The van der Waals surface area contributed by atoms with Crippen LogP contribution in [0.3, 0.4) is 0 Å². The van der Waals surface area contributed by atoms with Crippen molar-refractivity contribution in [3.8, 4) is 22.5 Å². The van der Waals surface area contributed by atoms with Crippen LogP contribution in [-0.2, 0) is 0 Å². The fraction of sp³-hybridized carbons (Fsp3) is 0.182. The van der Waals surface area contributed by atoms with Crippen molar-refractivity contribution < 1.29 is 4.39 Å². The van der Waals surface area contributed by atoms with Crippen molar-refractivity contribution in [3.05, 3.63) is 72.5 Å². The van der Waals surface area contributed by atoms with Crippen LogP contribution < -0.4 is 4.90 Å². The second-order valence-corrected chi connectivity index (χ2v) is 6.34. The normalized spacial score (nSPS) is 11.1. The monoisotopic (exact) mass is 360 g/mol. The van der Waals surface area contributed by atoms with E-state index in [0.29, 0.717) is 0 Å². The van der Waals surface area contributed by atoms with Crippen LogP contribution in [0.25, 0.3) is 28.2 Å². The van der Waals surface area contributed by atoms with Gasteiger partial charge in [-0.15, -0.1) is 0 Å². The van der Waals surface area contributed by atoms with Gasteiger partial charge in [-0.05, 0) is 38.1 Å². The van der Waals surface area contributed by atoms with Crippen molar-refractivity contribution in [1.29, 1.82) is 0 Å². The van der Waals surface area contributed by atoms with E-state index < -0.39 is 0 Å².